The highest BCUT2D eigenvalue weighted by atomic mass is 35.5. The van der Waals surface area contributed by atoms with Gasteiger partial charge in [-0.05, 0) is 19.1 Å². The monoisotopic (exact) mass is 212 g/mol. The number of benzene rings is 1. The largest absolute Gasteiger partial charge is 0.496 e. The van der Waals surface area contributed by atoms with Gasteiger partial charge in [-0.25, -0.2) is 0 Å². The molecule has 0 aliphatic rings. The summed E-state index contributed by atoms with van der Waals surface area (Å²) in [6.07, 6.45) is 0. The Kier molecular flexibility index (Phi) is 2.18. The smallest absolute Gasteiger partial charge is 0.123 e. The maximum Gasteiger partial charge on any atom is 0.123 e. The number of aryl methyl sites for hydroxylation is 1. The van der Waals surface area contributed by atoms with Crippen LogP contribution in [0.2, 0.25) is 5.02 Å². The van der Waals surface area contributed by atoms with Crippen molar-refractivity contribution in [2.75, 3.05) is 7.11 Å². The lowest BCUT2D eigenvalue weighted by molar-refractivity contribution is 0.412. The predicted molar refractivity (Wildman–Crippen MR) is 58.1 cm³/mol. The van der Waals surface area contributed by atoms with Crippen molar-refractivity contribution in [1.29, 1.82) is 0 Å². The lowest BCUT2D eigenvalue weighted by Crippen LogP contribution is -1.85. The summed E-state index contributed by atoms with van der Waals surface area (Å²) in [4.78, 5) is 0. The third-order valence-corrected chi connectivity index (χ3v) is 3.67. The molecular formula is C10H9ClOS. The fourth-order valence-corrected chi connectivity index (χ4v) is 2.69. The zero-order valence-corrected chi connectivity index (χ0v) is 9.00. The van der Waals surface area contributed by atoms with Crippen molar-refractivity contribution in [3.05, 3.63) is 28.1 Å². The number of thiophene rings is 1. The molecule has 0 aliphatic carbocycles. The summed E-state index contributed by atoms with van der Waals surface area (Å²) in [7, 11) is 1.68. The van der Waals surface area contributed by atoms with E-state index in [0.29, 0.717) is 0 Å². The van der Waals surface area contributed by atoms with Crippen LogP contribution in [0.3, 0.4) is 0 Å². The van der Waals surface area contributed by atoms with Gasteiger partial charge in [0.25, 0.3) is 0 Å². The number of fused-ring (bicyclic) bond motifs is 1. The summed E-state index contributed by atoms with van der Waals surface area (Å²) in [5, 5.41) is 3.90. The van der Waals surface area contributed by atoms with Crippen molar-refractivity contribution in [1.82, 2.24) is 0 Å². The molecule has 0 fully saturated rings. The van der Waals surface area contributed by atoms with Crippen molar-refractivity contribution in [2.45, 2.75) is 6.92 Å². The van der Waals surface area contributed by atoms with Gasteiger partial charge in [0.2, 0.25) is 0 Å². The summed E-state index contributed by atoms with van der Waals surface area (Å²) in [5.41, 5.74) is 1.16. The van der Waals surface area contributed by atoms with Crippen LogP contribution in [0.1, 0.15) is 5.56 Å². The van der Waals surface area contributed by atoms with Crippen LogP contribution in [0.25, 0.3) is 10.1 Å². The molecule has 0 amide bonds. The molecule has 68 valence electrons. The average Bonchev–Trinajstić information content (AvgIpc) is 2.50. The fraction of sp³-hybridized carbons (Fsp3) is 0.200. The lowest BCUT2D eigenvalue weighted by Gasteiger charge is -2.04. The Bertz CT molecular complexity index is 447. The van der Waals surface area contributed by atoms with Crippen LogP contribution in [-0.2, 0) is 0 Å². The molecule has 1 aromatic carbocycles. The minimum Gasteiger partial charge on any atom is -0.496 e. The summed E-state index contributed by atoms with van der Waals surface area (Å²) >= 11 is 7.67. The molecule has 1 nitrogen and oxygen atoms in total. The van der Waals surface area contributed by atoms with Gasteiger partial charge in [0.15, 0.2) is 0 Å². The van der Waals surface area contributed by atoms with E-state index in [1.54, 1.807) is 18.4 Å². The molecule has 1 aromatic heterocycles. The van der Waals surface area contributed by atoms with Crippen LogP contribution in [-0.4, -0.2) is 7.11 Å². The number of ether oxygens (including phenoxy) is 1. The number of methoxy groups -OCH3 is 1. The Balaban J connectivity index is 2.80. The molecule has 0 atom stereocenters. The van der Waals surface area contributed by atoms with E-state index in [2.05, 4.69) is 0 Å². The average molecular weight is 213 g/mol. The molecule has 0 saturated carbocycles. The van der Waals surface area contributed by atoms with Gasteiger partial charge in [-0.3, -0.25) is 0 Å². The molecule has 0 unspecified atom stereocenters. The van der Waals surface area contributed by atoms with E-state index in [9.17, 15) is 0 Å². The standard InChI is InChI=1S/C10H9ClOS/c1-6-9(12-2)4-3-7-8(11)5-13-10(6)7/h3-5H,1-2H3. The highest BCUT2D eigenvalue weighted by Gasteiger charge is 2.07. The van der Waals surface area contributed by atoms with E-state index in [1.807, 2.05) is 24.4 Å². The van der Waals surface area contributed by atoms with Crippen LogP contribution in [0, 0.1) is 6.92 Å². The molecule has 13 heavy (non-hydrogen) atoms. The molecule has 2 aromatic rings. The Morgan fingerprint density at radius 1 is 1.38 bits per heavy atom. The first-order valence-corrected chi connectivity index (χ1v) is 5.20. The molecule has 0 aliphatic heterocycles. The Hall–Kier alpha value is -0.730. The maximum atomic E-state index is 6.01. The zero-order chi connectivity index (χ0) is 9.42. The summed E-state index contributed by atoms with van der Waals surface area (Å²) < 4.78 is 6.44. The normalized spacial score (nSPS) is 10.7. The van der Waals surface area contributed by atoms with Gasteiger partial charge in [0.1, 0.15) is 5.75 Å². The molecule has 3 heteroatoms. The molecule has 2 rings (SSSR count). The van der Waals surface area contributed by atoms with Crippen molar-refractivity contribution < 1.29 is 4.74 Å². The first-order chi connectivity index (χ1) is 6.24. The van der Waals surface area contributed by atoms with E-state index in [4.69, 9.17) is 16.3 Å². The Labute approximate surface area is 85.9 Å². The van der Waals surface area contributed by atoms with Gasteiger partial charge in [-0.1, -0.05) is 11.6 Å². The van der Waals surface area contributed by atoms with E-state index >= 15 is 0 Å². The van der Waals surface area contributed by atoms with Crippen LogP contribution >= 0.6 is 22.9 Å². The maximum absolute atomic E-state index is 6.01. The topological polar surface area (TPSA) is 9.23 Å². The molecular weight excluding hydrogens is 204 g/mol. The lowest BCUT2D eigenvalue weighted by atomic mass is 10.2. The minimum atomic E-state index is 0.825. The summed E-state index contributed by atoms with van der Waals surface area (Å²) in [6, 6.07) is 3.95. The number of hydrogen-bond donors (Lipinski definition) is 0. The predicted octanol–water partition coefficient (Wildman–Crippen LogP) is 3.87. The number of halogens is 1. The fourth-order valence-electron chi connectivity index (χ4n) is 1.41. The summed E-state index contributed by atoms with van der Waals surface area (Å²) in [6.45, 7) is 2.05. The van der Waals surface area contributed by atoms with Gasteiger partial charge in [0.05, 0.1) is 12.1 Å². The van der Waals surface area contributed by atoms with Crippen molar-refractivity contribution in [3.8, 4) is 5.75 Å². The highest BCUT2D eigenvalue weighted by Crippen LogP contribution is 2.36. The second kappa shape index (κ2) is 3.20. The van der Waals surface area contributed by atoms with Crippen molar-refractivity contribution in [3.63, 3.8) is 0 Å². The minimum absolute atomic E-state index is 0.825. The summed E-state index contributed by atoms with van der Waals surface area (Å²) in [5.74, 6) is 0.922. The molecule has 0 N–H and O–H groups in total. The van der Waals surface area contributed by atoms with Crippen LogP contribution in [0.4, 0.5) is 0 Å². The van der Waals surface area contributed by atoms with Gasteiger partial charge in [-0.2, -0.15) is 0 Å². The number of hydrogen-bond acceptors (Lipinski definition) is 2. The number of rotatable bonds is 1. The van der Waals surface area contributed by atoms with E-state index in [0.717, 1.165) is 21.7 Å². The SMILES string of the molecule is COc1ccc2c(Cl)csc2c1C. The van der Waals surface area contributed by atoms with Gasteiger partial charge >= 0.3 is 0 Å². The van der Waals surface area contributed by atoms with Gasteiger partial charge < -0.3 is 4.74 Å². The van der Waals surface area contributed by atoms with Crippen molar-refractivity contribution in [2.24, 2.45) is 0 Å². The van der Waals surface area contributed by atoms with E-state index in [1.165, 1.54) is 4.70 Å². The Morgan fingerprint density at radius 3 is 2.85 bits per heavy atom. The van der Waals surface area contributed by atoms with Crippen molar-refractivity contribution >= 4 is 33.0 Å². The zero-order valence-electron chi connectivity index (χ0n) is 7.43. The van der Waals surface area contributed by atoms with E-state index < -0.39 is 0 Å². The quantitative estimate of drug-likeness (QED) is 0.697. The second-order valence-corrected chi connectivity index (χ2v) is 4.14. The molecule has 0 spiro atoms. The van der Waals surface area contributed by atoms with Crippen LogP contribution < -0.4 is 4.74 Å². The molecule has 1 heterocycles. The highest BCUT2D eigenvalue weighted by molar-refractivity contribution is 7.18. The third-order valence-electron chi connectivity index (χ3n) is 2.11. The first kappa shape index (κ1) is 8.85. The van der Waals surface area contributed by atoms with Crippen LogP contribution in [0.5, 0.6) is 5.75 Å². The van der Waals surface area contributed by atoms with E-state index in [-0.39, 0.29) is 0 Å². The van der Waals surface area contributed by atoms with Gasteiger partial charge in [0, 0.05) is 21.0 Å². The molecule has 0 saturated heterocycles. The van der Waals surface area contributed by atoms with Crippen LogP contribution in [0.15, 0.2) is 17.5 Å². The second-order valence-electron chi connectivity index (χ2n) is 2.85. The molecule has 0 bridgehead atoms. The molecule has 0 radical (unpaired) electrons. The third kappa shape index (κ3) is 1.30. The first-order valence-electron chi connectivity index (χ1n) is 3.94. The Morgan fingerprint density at radius 2 is 2.15 bits per heavy atom. The van der Waals surface area contributed by atoms with Gasteiger partial charge in [-0.15, -0.1) is 11.3 Å².